The highest BCUT2D eigenvalue weighted by Gasteiger charge is 2.38. The van der Waals surface area contributed by atoms with Crippen molar-refractivity contribution in [1.82, 2.24) is 14.7 Å². The summed E-state index contributed by atoms with van der Waals surface area (Å²) in [6.45, 7) is 8.23. The minimum absolute atomic E-state index is 0.102. The lowest BCUT2D eigenvalue weighted by atomic mass is 10.0. The zero-order valence-electron chi connectivity index (χ0n) is 19.8. The third kappa shape index (κ3) is 4.90. The molecule has 34 heavy (non-hydrogen) atoms. The van der Waals surface area contributed by atoms with Crippen LogP contribution in [-0.4, -0.2) is 50.5 Å². The Labute approximate surface area is 198 Å². The lowest BCUT2D eigenvalue weighted by Gasteiger charge is -2.40. The fourth-order valence-electron chi connectivity index (χ4n) is 3.93. The molecular weight excluding hydrogens is 434 g/mol. The molecule has 8 heteroatoms. The molecule has 1 aliphatic rings. The van der Waals surface area contributed by atoms with Gasteiger partial charge in [-0.05, 0) is 63.6 Å². The van der Waals surface area contributed by atoms with Gasteiger partial charge in [0.05, 0.1) is 11.7 Å². The molecule has 1 N–H and O–H groups in total. The summed E-state index contributed by atoms with van der Waals surface area (Å²) in [7, 11) is 0. The summed E-state index contributed by atoms with van der Waals surface area (Å²) in [5, 5.41) is 14.7. The van der Waals surface area contributed by atoms with Crippen molar-refractivity contribution in [3.63, 3.8) is 0 Å². The van der Waals surface area contributed by atoms with Gasteiger partial charge in [0.1, 0.15) is 28.4 Å². The minimum Gasteiger partial charge on any atom is -0.478 e. The number of aromatic carboxylic acids is 1. The first-order valence-corrected chi connectivity index (χ1v) is 11.3. The van der Waals surface area contributed by atoms with Crippen LogP contribution in [0.3, 0.4) is 0 Å². The second-order valence-electron chi connectivity index (χ2n) is 9.25. The van der Waals surface area contributed by atoms with Gasteiger partial charge in [-0.25, -0.2) is 9.59 Å². The number of carboxylic acid groups (broad SMARTS) is 1. The van der Waals surface area contributed by atoms with E-state index in [2.05, 4.69) is 0 Å². The lowest BCUT2D eigenvalue weighted by Crippen LogP contribution is -2.52. The van der Waals surface area contributed by atoms with Crippen LogP contribution in [0.5, 0.6) is 11.5 Å². The second kappa shape index (κ2) is 9.21. The van der Waals surface area contributed by atoms with Crippen LogP contribution < -0.4 is 4.74 Å². The fourth-order valence-corrected chi connectivity index (χ4v) is 3.93. The molecule has 1 aliphatic heterocycles. The zero-order valence-corrected chi connectivity index (χ0v) is 19.8. The van der Waals surface area contributed by atoms with Gasteiger partial charge >= 0.3 is 12.1 Å². The average molecular weight is 464 g/mol. The van der Waals surface area contributed by atoms with Crippen molar-refractivity contribution in [2.75, 3.05) is 13.1 Å². The highest BCUT2D eigenvalue weighted by molar-refractivity contribution is 5.96. The van der Waals surface area contributed by atoms with Crippen LogP contribution in [0.15, 0.2) is 54.6 Å². The first-order chi connectivity index (χ1) is 16.2. The van der Waals surface area contributed by atoms with Crippen molar-refractivity contribution in [3.05, 3.63) is 65.9 Å². The molecule has 1 amide bonds. The van der Waals surface area contributed by atoms with Gasteiger partial charge in [0.2, 0.25) is 0 Å². The largest absolute Gasteiger partial charge is 0.478 e. The van der Waals surface area contributed by atoms with Crippen LogP contribution in [0.2, 0.25) is 0 Å². The van der Waals surface area contributed by atoms with Gasteiger partial charge in [0, 0.05) is 18.7 Å². The van der Waals surface area contributed by atoms with E-state index in [-0.39, 0.29) is 17.7 Å². The Hall–Kier alpha value is -3.81. The van der Waals surface area contributed by atoms with Crippen molar-refractivity contribution < 1.29 is 24.2 Å². The van der Waals surface area contributed by atoms with Crippen LogP contribution >= 0.6 is 0 Å². The number of carbonyl (C=O) groups is 2. The van der Waals surface area contributed by atoms with Gasteiger partial charge in [-0.1, -0.05) is 25.1 Å². The van der Waals surface area contributed by atoms with Crippen LogP contribution in [0, 0.1) is 0 Å². The van der Waals surface area contributed by atoms with Crippen molar-refractivity contribution in [1.29, 1.82) is 0 Å². The summed E-state index contributed by atoms with van der Waals surface area (Å²) in [5.41, 5.74) is 1.36. The molecule has 1 saturated heterocycles. The Kier molecular flexibility index (Phi) is 6.32. The SMILES string of the molecule is CCc1c(C(=O)O)c(-c2ccc(Oc3ccccc3)cc2)nn1C1CN(C(=O)OC(C)(C)C)C1. The van der Waals surface area contributed by atoms with E-state index in [4.69, 9.17) is 14.6 Å². The van der Waals surface area contributed by atoms with Crippen LogP contribution in [-0.2, 0) is 11.2 Å². The number of benzene rings is 2. The molecule has 1 fully saturated rings. The van der Waals surface area contributed by atoms with Crippen LogP contribution in [0.1, 0.15) is 49.8 Å². The predicted molar refractivity (Wildman–Crippen MR) is 127 cm³/mol. The van der Waals surface area contributed by atoms with E-state index in [1.54, 1.807) is 21.7 Å². The van der Waals surface area contributed by atoms with Crippen LogP contribution in [0.25, 0.3) is 11.3 Å². The molecule has 2 heterocycles. The van der Waals surface area contributed by atoms with E-state index in [0.29, 0.717) is 42.2 Å². The molecule has 8 nitrogen and oxygen atoms in total. The lowest BCUT2D eigenvalue weighted by molar-refractivity contribution is -0.000770. The number of carboxylic acids is 1. The number of rotatable bonds is 6. The molecule has 3 aromatic rings. The smallest absolute Gasteiger partial charge is 0.410 e. The Bertz CT molecular complexity index is 1170. The van der Waals surface area contributed by atoms with Gasteiger partial charge in [-0.3, -0.25) is 4.68 Å². The van der Waals surface area contributed by atoms with Crippen molar-refractivity contribution in [3.8, 4) is 22.8 Å². The van der Waals surface area contributed by atoms with Gasteiger partial charge < -0.3 is 19.5 Å². The van der Waals surface area contributed by atoms with E-state index in [9.17, 15) is 14.7 Å². The molecule has 1 aromatic heterocycles. The molecule has 0 atom stereocenters. The quantitative estimate of drug-likeness (QED) is 0.526. The average Bonchev–Trinajstić information content (AvgIpc) is 3.12. The van der Waals surface area contributed by atoms with Gasteiger partial charge in [-0.2, -0.15) is 5.10 Å². The number of aromatic nitrogens is 2. The predicted octanol–water partition coefficient (Wildman–Crippen LogP) is 5.39. The van der Waals surface area contributed by atoms with E-state index in [1.165, 1.54) is 0 Å². The minimum atomic E-state index is -1.02. The maximum absolute atomic E-state index is 12.3. The molecular formula is C26H29N3O5. The Balaban J connectivity index is 1.57. The number of hydrogen-bond donors (Lipinski definition) is 1. The van der Waals surface area contributed by atoms with Crippen molar-refractivity contribution >= 4 is 12.1 Å². The van der Waals surface area contributed by atoms with E-state index in [0.717, 1.165) is 5.75 Å². The summed E-state index contributed by atoms with van der Waals surface area (Å²) in [6, 6.07) is 16.6. The van der Waals surface area contributed by atoms with Gasteiger partial charge in [0.25, 0.3) is 0 Å². The van der Waals surface area contributed by atoms with E-state index >= 15 is 0 Å². The number of carbonyl (C=O) groups excluding carboxylic acids is 1. The number of nitrogens with zero attached hydrogens (tertiary/aromatic N) is 3. The molecule has 0 spiro atoms. The molecule has 0 aliphatic carbocycles. The number of para-hydroxylation sites is 1. The highest BCUT2D eigenvalue weighted by atomic mass is 16.6. The third-order valence-electron chi connectivity index (χ3n) is 5.52. The molecule has 178 valence electrons. The van der Waals surface area contributed by atoms with Gasteiger partial charge in [0.15, 0.2) is 0 Å². The first-order valence-electron chi connectivity index (χ1n) is 11.3. The maximum Gasteiger partial charge on any atom is 0.410 e. The summed E-state index contributed by atoms with van der Waals surface area (Å²) in [6.07, 6.45) is 0.133. The second-order valence-corrected chi connectivity index (χ2v) is 9.25. The Morgan fingerprint density at radius 3 is 2.21 bits per heavy atom. The number of ether oxygens (including phenoxy) is 2. The monoisotopic (exact) mass is 463 g/mol. The summed E-state index contributed by atoms with van der Waals surface area (Å²) >= 11 is 0. The molecule has 0 saturated carbocycles. The first kappa shape index (κ1) is 23.4. The molecule has 2 aromatic carbocycles. The van der Waals surface area contributed by atoms with E-state index < -0.39 is 11.6 Å². The molecule has 4 rings (SSSR count). The number of amides is 1. The molecule has 0 bridgehead atoms. The number of likely N-dealkylation sites (tertiary alicyclic amines) is 1. The topological polar surface area (TPSA) is 93.9 Å². The Morgan fingerprint density at radius 2 is 1.65 bits per heavy atom. The zero-order chi connectivity index (χ0) is 24.5. The maximum atomic E-state index is 12.3. The molecule has 0 radical (unpaired) electrons. The summed E-state index contributed by atoms with van der Waals surface area (Å²) < 4.78 is 13.0. The summed E-state index contributed by atoms with van der Waals surface area (Å²) in [4.78, 5) is 26.1. The summed E-state index contributed by atoms with van der Waals surface area (Å²) in [5.74, 6) is 0.346. The van der Waals surface area contributed by atoms with E-state index in [1.807, 2.05) is 70.2 Å². The standard InChI is InChI=1S/C26H29N3O5/c1-5-21-22(24(30)31)23(17-11-13-20(14-12-17)33-19-9-7-6-8-10-19)27-29(21)18-15-28(16-18)25(32)34-26(2,3)4/h6-14,18H,5,15-16H2,1-4H3,(H,30,31). The fraction of sp³-hybridized carbons (Fsp3) is 0.346. The Morgan fingerprint density at radius 1 is 1.03 bits per heavy atom. The third-order valence-corrected chi connectivity index (χ3v) is 5.52. The highest BCUT2D eigenvalue weighted by Crippen LogP contribution is 2.33. The normalized spacial score (nSPS) is 13.9. The van der Waals surface area contributed by atoms with Gasteiger partial charge in [-0.15, -0.1) is 0 Å². The van der Waals surface area contributed by atoms with Crippen molar-refractivity contribution in [2.45, 2.75) is 45.8 Å². The van der Waals surface area contributed by atoms with Crippen LogP contribution in [0.4, 0.5) is 4.79 Å². The molecule has 0 unspecified atom stereocenters. The van der Waals surface area contributed by atoms with Crippen molar-refractivity contribution in [2.24, 2.45) is 0 Å². The number of hydrogen-bond acceptors (Lipinski definition) is 5.